The van der Waals surface area contributed by atoms with Gasteiger partial charge in [0.25, 0.3) is 0 Å². The Morgan fingerprint density at radius 2 is 1.56 bits per heavy atom. The van der Waals surface area contributed by atoms with E-state index in [0.717, 1.165) is 11.1 Å². The van der Waals surface area contributed by atoms with Crippen molar-refractivity contribution in [2.45, 2.75) is 19.4 Å². The van der Waals surface area contributed by atoms with Gasteiger partial charge >= 0.3 is 0 Å². The molecule has 0 aromatic heterocycles. The van der Waals surface area contributed by atoms with E-state index in [-0.39, 0.29) is 6.04 Å². The van der Waals surface area contributed by atoms with E-state index in [1.54, 1.807) is 21.3 Å². The van der Waals surface area contributed by atoms with Crippen LogP contribution in [0.25, 0.3) is 0 Å². The summed E-state index contributed by atoms with van der Waals surface area (Å²) in [6.45, 7) is 2.50. The quantitative estimate of drug-likeness (QED) is 0.715. The van der Waals surface area contributed by atoms with Crippen LogP contribution in [0.3, 0.4) is 0 Å². The largest absolute Gasteiger partial charge is 0.493 e. The molecule has 0 amide bonds. The molecule has 0 bridgehead atoms. The fourth-order valence-electron chi connectivity index (χ4n) is 2.70. The molecule has 136 valence electrons. The summed E-state index contributed by atoms with van der Waals surface area (Å²) >= 11 is 0. The van der Waals surface area contributed by atoms with Crippen molar-refractivity contribution in [3.63, 3.8) is 0 Å². The fraction of sp³-hybridized carbons (Fsp3) is 0.368. The summed E-state index contributed by atoms with van der Waals surface area (Å²) in [6, 6.07) is 9.22. The minimum Gasteiger partial charge on any atom is -0.493 e. The zero-order chi connectivity index (χ0) is 18.4. The third kappa shape index (κ3) is 4.28. The summed E-state index contributed by atoms with van der Waals surface area (Å²) < 4.78 is 21.6. The van der Waals surface area contributed by atoms with Crippen LogP contribution in [0, 0.1) is 0 Å². The van der Waals surface area contributed by atoms with Gasteiger partial charge in [-0.2, -0.15) is 0 Å². The van der Waals surface area contributed by atoms with Gasteiger partial charge in [0.2, 0.25) is 5.75 Å². The summed E-state index contributed by atoms with van der Waals surface area (Å²) in [6.07, 6.45) is 0.620. The van der Waals surface area contributed by atoms with Crippen molar-refractivity contribution < 1.29 is 18.9 Å². The Balaban J connectivity index is 2.26. The van der Waals surface area contributed by atoms with Gasteiger partial charge < -0.3 is 30.4 Å². The van der Waals surface area contributed by atoms with Crippen molar-refractivity contribution in [2.24, 2.45) is 5.73 Å². The fourth-order valence-corrected chi connectivity index (χ4v) is 2.70. The van der Waals surface area contributed by atoms with Gasteiger partial charge in [-0.3, -0.25) is 0 Å². The molecule has 6 nitrogen and oxygen atoms in total. The first-order valence-corrected chi connectivity index (χ1v) is 8.10. The van der Waals surface area contributed by atoms with Gasteiger partial charge in [0, 0.05) is 6.04 Å². The smallest absolute Gasteiger partial charge is 0.203 e. The van der Waals surface area contributed by atoms with Gasteiger partial charge in [-0.1, -0.05) is 6.07 Å². The number of benzene rings is 2. The molecule has 2 aromatic carbocycles. The maximum Gasteiger partial charge on any atom is 0.203 e. The van der Waals surface area contributed by atoms with Crippen LogP contribution < -0.4 is 30.4 Å². The molecule has 0 aliphatic carbocycles. The average Bonchev–Trinajstić information content (AvgIpc) is 2.62. The lowest BCUT2D eigenvalue weighted by atomic mass is 9.98. The number of hydrogen-bond donors (Lipinski definition) is 2. The second-order valence-corrected chi connectivity index (χ2v) is 5.57. The van der Waals surface area contributed by atoms with Crippen molar-refractivity contribution >= 4 is 5.69 Å². The first kappa shape index (κ1) is 18.7. The minimum absolute atomic E-state index is 0.244. The van der Waals surface area contributed by atoms with Crippen LogP contribution in [-0.4, -0.2) is 27.9 Å². The van der Waals surface area contributed by atoms with E-state index < -0.39 is 0 Å². The van der Waals surface area contributed by atoms with Crippen molar-refractivity contribution in [1.82, 2.24) is 0 Å². The summed E-state index contributed by atoms with van der Waals surface area (Å²) in [4.78, 5) is 0. The van der Waals surface area contributed by atoms with E-state index in [0.29, 0.717) is 41.7 Å². The van der Waals surface area contributed by atoms with Crippen molar-refractivity contribution in [2.75, 3.05) is 33.7 Å². The van der Waals surface area contributed by atoms with Crippen molar-refractivity contribution in [3.05, 3.63) is 41.5 Å². The zero-order valence-corrected chi connectivity index (χ0v) is 15.2. The Morgan fingerprint density at radius 3 is 2.04 bits per heavy atom. The summed E-state index contributed by atoms with van der Waals surface area (Å²) in [7, 11) is 4.74. The van der Waals surface area contributed by atoms with Crippen LogP contribution >= 0.6 is 0 Å². The lowest BCUT2D eigenvalue weighted by molar-refractivity contribution is 0.323. The normalized spacial score (nSPS) is 11.7. The molecule has 25 heavy (non-hydrogen) atoms. The third-order valence-corrected chi connectivity index (χ3v) is 3.94. The van der Waals surface area contributed by atoms with Gasteiger partial charge in [0.1, 0.15) is 5.75 Å². The molecular formula is C19H26N2O4. The second kappa shape index (κ2) is 8.48. The molecule has 2 rings (SSSR count). The average molecular weight is 346 g/mol. The number of nitrogen functional groups attached to an aromatic ring is 1. The zero-order valence-electron chi connectivity index (χ0n) is 15.2. The Morgan fingerprint density at radius 1 is 0.920 bits per heavy atom. The predicted molar refractivity (Wildman–Crippen MR) is 98.8 cm³/mol. The van der Waals surface area contributed by atoms with E-state index in [9.17, 15) is 0 Å². The number of nitrogens with two attached hydrogens (primary N) is 2. The minimum atomic E-state index is -0.244. The molecule has 6 heteroatoms. The predicted octanol–water partition coefficient (Wildman–Crippen LogP) is 2.94. The lowest BCUT2D eigenvalue weighted by Gasteiger charge is -2.18. The third-order valence-electron chi connectivity index (χ3n) is 3.94. The van der Waals surface area contributed by atoms with Gasteiger partial charge in [-0.25, -0.2) is 0 Å². The van der Waals surface area contributed by atoms with Gasteiger partial charge in [0.15, 0.2) is 11.5 Å². The van der Waals surface area contributed by atoms with Crippen LogP contribution in [0.4, 0.5) is 5.69 Å². The second-order valence-electron chi connectivity index (χ2n) is 5.57. The van der Waals surface area contributed by atoms with Gasteiger partial charge in [0.05, 0.1) is 33.6 Å². The molecule has 0 aliphatic heterocycles. The standard InChI is InChI=1S/C19H26N2O4/c1-5-25-16-7-6-12(9-15(16)21)8-14(20)13-10-17(22-2)19(24-4)18(11-13)23-3/h6-7,9-11,14H,5,8,20-21H2,1-4H3. The molecule has 0 aliphatic rings. The first-order valence-electron chi connectivity index (χ1n) is 8.10. The van der Waals surface area contributed by atoms with Gasteiger partial charge in [-0.15, -0.1) is 0 Å². The molecule has 0 spiro atoms. The van der Waals surface area contributed by atoms with Crippen LogP contribution in [0.2, 0.25) is 0 Å². The monoisotopic (exact) mass is 346 g/mol. The first-order chi connectivity index (χ1) is 12.0. The molecule has 2 aromatic rings. The van der Waals surface area contributed by atoms with E-state index in [1.165, 1.54) is 0 Å². The van der Waals surface area contributed by atoms with Crippen LogP contribution in [0.1, 0.15) is 24.1 Å². The SMILES string of the molecule is CCOc1ccc(CC(N)c2cc(OC)c(OC)c(OC)c2)cc1N. The molecular weight excluding hydrogens is 320 g/mol. The van der Waals surface area contributed by atoms with E-state index in [1.807, 2.05) is 37.3 Å². The highest BCUT2D eigenvalue weighted by Crippen LogP contribution is 2.39. The number of anilines is 1. The molecule has 0 fully saturated rings. The molecule has 0 saturated heterocycles. The van der Waals surface area contributed by atoms with Crippen molar-refractivity contribution in [1.29, 1.82) is 0 Å². The van der Waals surface area contributed by atoms with Crippen LogP contribution in [0.15, 0.2) is 30.3 Å². The highest BCUT2D eigenvalue weighted by Gasteiger charge is 2.17. The molecule has 1 atom stereocenters. The van der Waals surface area contributed by atoms with Crippen LogP contribution in [0.5, 0.6) is 23.0 Å². The molecule has 0 heterocycles. The summed E-state index contributed by atoms with van der Waals surface area (Å²) in [5.41, 5.74) is 14.9. The highest BCUT2D eigenvalue weighted by atomic mass is 16.5. The van der Waals surface area contributed by atoms with E-state index in [4.69, 9.17) is 30.4 Å². The van der Waals surface area contributed by atoms with Crippen molar-refractivity contribution in [3.8, 4) is 23.0 Å². The number of ether oxygens (including phenoxy) is 4. The Labute approximate surface area is 148 Å². The van der Waals surface area contributed by atoms with E-state index >= 15 is 0 Å². The molecule has 4 N–H and O–H groups in total. The topological polar surface area (TPSA) is 89.0 Å². The Kier molecular flexibility index (Phi) is 6.36. The number of hydrogen-bond acceptors (Lipinski definition) is 6. The van der Waals surface area contributed by atoms with Gasteiger partial charge in [-0.05, 0) is 48.7 Å². The maximum atomic E-state index is 6.39. The molecule has 0 saturated carbocycles. The number of rotatable bonds is 8. The highest BCUT2D eigenvalue weighted by molar-refractivity contribution is 5.56. The lowest BCUT2D eigenvalue weighted by Crippen LogP contribution is -2.14. The molecule has 0 radical (unpaired) electrons. The summed E-state index contributed by atoms with van der Waals surface area (Å²) in [5, 5.41) is 0. The maximum absolute atomic E-state index is 6.39. The number of methoxy groups -OCH3 is 3. The van der Waals surface area contributed by atoms with E-state index in [2.05, 4.69) is 0 Å². The molecule has 1 unspecified atom stereocenters. The Bertz CT molecular complexity index is 694. The van der Waals surface area contributed by atoms with Crippen LogP contribution in [-0.2, 0) is 6.42 Å². The summed E-state index contributed by atoms with van der Waals surface area (Å²) in [5.74, 6) is 2.40. The Hall–Kier alpha value is -2.60.